The van der Waals surface area contributed by atoms with Crippen molar-refractivity contribution in [1.82, 2.24) is 0 Å². The predicted molar refractivity (Wildman–Crippen MR) is 280 cm³/mol. The van der Waals surface area contributed by atoms with Crippen molar-refractivity contribution >= 4 is 104 Å². The summed E-state index contributed by atoms with van der Waals surface area (Å²) in [7, 11) is -5.07. The summed E-state index contributed by atoms with van der Waals surface area (Å²) in [6.07, 6.45) is 0. The number of hydrogen-bond donors (Lipinski definition) is 0. The standard InChI is InChI=1S/C52H72B2O4S2Si2/c1-31(2)61(32(3)4,33(5)6)23-21-39-41-25-37-27-47(53-55-49(13,14)50(15,16)56-53)60-46(37)30-44(41)40(22-24-62(34(7)8,35(9)10)36(11)12)42-26-38-28-48(59-45(38)29-43(39)42)54-57-51(17,18)52(19,20)58-54/h25-36H,1-20H3. The summed E-state index contributed by atoms with van der Waals surface area (Å²) in [4.78, 5) is 0. The molecule has 0 N–H and O–H groups in total. The van der Waals surface area contributed by atoms with Gasteiger partial charge in [0, 0.05) is 40.9 Å². The minimum atomic E-state index is -2.11. The van der Waals surface area contributed by atoms with E-state index in [0.29, 0.717) is 33.2 Å². The van der Waals surface area contributed by atoms with Crippen LogP contribution in [0.3, 0.4) is 0 Å². The average Bonchev–Trinajstić information content (AvgIpc) is 3.86. The Labute approximate surface area is 385 Å². The highest BCUT2D eigenvalue weighted by Crippen LogP contribution is 2.45. The lowest BCUT2D eigenvalue weighted by Crippen LogP contribution is -2.43. The number of thiophene rings is 2. The van der Waals surface area contributed by atoms with Crippen LogP contribution >= 0.6 is 22.7 Å². The highest BCUT2D eigenvalue weighted by atomic mass is 32.1. The summed E-state index contributed by atoms with van der Waals surface area (Å²) < 4.78 is 31.0. The van der Waals surface area contributed by atoms with Crippen molar-refractivity contribution < 1.29 is 18.6 Å². The zero-order valence-electron chi connectivity index (χ0n) is 41.5. The van der Waals surface area contributed by atoms with E-state index in [9.17, 15) is 0 Å². The van der Waals surface area contributed by atoms with Gasteiger partial charge in [-0.3, -0.25) is 0 Å². The molecule has 62 heavy (non-hydrogen) atoms. The predicted octanol–water partition coefficient (Wildman–Crippen LogP) is 14.2. The van der Waals surface area contributed by atoms with Gasteiger partial charge in [0.1, 0.15) is 16.1 Å². The van der Waals surface area contributed by atoms with Crippen molar-refractivity contribution in [3.8, 4) is 22.9 Å². The van der Waals surface area contributed by atoms with Gasteiger partial charge in [0.05, 0.1) is 22.4 Å². The maximum absolute atomic E-state index is 6.61. The van der Waals surface area contributed by atoms with Crippen molar-refractivity contribution in [3.05, 3.63) is 47.5 Å². The molecule has 5 aromatic rings. The van der Waals surface area contributed by atoms with E-state index in [0.717, 1.165) is 20.7 Å². The largest absolute Gasteiger partial charge is 0.505 e. The maximum Gasteiger partial charge on any atom is 0.505 e. The molecule has 2 aliphatic rings. The SMILES string of the molecule is CC(C)[Si](C#Cc1c2cc3cc(B4OC(C)(C)C(C)(C)O4)sc3cc2c(C#C[Si](C(C)C)(C(C)C)C(C)C)c2cc3cc(B4OC(C)(C)C(C)(C)O4)sc3cc12)(C(C)C)C(C)C. The molecule has 330 valence electrons. The molecule has 7 rings (SSSR count). The third-order valence-corrected chi connectivity index (χ3v) is 30.8. The van der Waals surface area contributed by atoms with Gasteiger partial charge in [0.25, 0.3) is 0 Å². The molecule has 0 spiro atoms. The molecule has 2 fully saturated rings. The Morgan fingerprint density at radius 3 is 0.935 bits per heavy atom. The summed E-state index contributed by atoms with van der Waals surface area (Å²) in [5.74, 6) is 8.10. The summed E-state index contributed by atoms with van der Waals surface area (Å²) >= 11 is 3.55. The molecule has 2 saturated heterocycles. The van der Waals surface area contributed by atoms with Crippen LogP contribution < -0.4 is 9.55 Å². The zero-order valence-corrected chi connectivity index (χ0v) is 45.2. The van der Waals surface area contributed by atoms with Crippen LogP contribution in [0.5, 0.6) is 0 Å². The molecule has 0 aliphatic carbocycles. The fraction of sp³-hybridized carbons (Fsp3) is 0.577. The van der Waals surface area contributed by atoms with Crippen molar-refractivity contribution in [3.63, 3.8) is 0 Å². The van der Waals surface area contributed by atoms with Crippen molar-refractivity contribution in [2.24, 2.45) is 0 Å². The van der Waals surface area contributed by atoms with E-state index in [4.69, 9.17) is 18.6 Å². The lowest BCUT2D eigenvalue weighted by atomic mass is 9.86. The van der Waals surface area contributed by atoms with E-state index < -0.39 is 52.8 Å². The summed E-state index contributed by atoms with van der Waals surface area (Å²) in [6, 6.07) is 14.2. The van der Waals surface area contributed by atoms with E-state index in [1.165, 1.54) is 41.7 Å². The molecule has 4 heterocycles. The van der Waals surface area contributed by atoms with Gasteiger partial charge < -0.3 is 18.6 Å². The first kappa shape index (κ1) is 47.6. The molecule has 10 heteroatoms. The lowest BCUT2D eigenvalue weighted by molar-refractivity contribution is 0.00578. The monoisotopic (exact) mass is 902 g/mol. The van der Waals surface area contributed by atoms with Crippen LogP contribution in [-0.2, 0) is 18.6 Å². The Morgan fingerprint density at radius 1 is 0.419 bits per heavy atom. The Balaban J connectivity index is 1.61. The normalized spacial score (nSPS) is 18.8. The van der Waals surface area contributed by atoms with E-state index in [1.807, 2.05) is 0 Å². The molecule has 4 nitrogen and oxygen atoms in total. The molecule has 0 unspecified atom stereocenters. The zero-order chi connectivity index (χ0) is 45.9. The van der Waals surface area contributed by atoms with Crippen LogP contribution in [-0.4, -0.2) is 52.8 Å². The highest BCUT2D eigenvalue weighted by molar-refractivity contribution is 7.28. The molecule has 0 atom stereocenters. The number of rotatable bonds is 8. The van der Waals surface area contributed by atoms with E-state index in [2.05, 4.69) is 198 Å². The van der Waals surface area contributed by atoms with Gasteiger partial charge in [0.2, 0.25) is 0 Å². The van der Waals surface area contributed by atoms with Gasteiger partial charge in [-0.2, -0.15) is 0 Å². The topological polar surface area (TPSA) is 36.9 Å². The first-order valence-electron chi connectivity index (χ1n) is 23.3. The van der Waals surface area contributed by atoms with E-state index in [1.54, 1.807) is 22.7 Å². The minimum Gasteiger partial charge on any atom is -0.399 e. The Bertz CT molecular complexity index is 2330. The number of hydrogen-bond acceptors (Lipinski definition) is 6. The van der Waals surface area contributed by atoms with Gasteiger partial charge in [-0.1, -0.05) is 94.9 Å². The van der Waals surface area contributed by atoms with Crippen LogP contribution in [0.15, 0.2) is 36.4 Å². The van der Waals surface area contributed by atoms with Gasteiger partial charge in [-0.25, -0.2) is 0 Å². The fourth-order valence-corrected chi connectivity index (χ4v) is 23.5. The second kappa shape index (κ2) is 16.2. The van der Waals surface area contributed by atoms with E-state index >= 15 is 0 Å². The molecule has 0 saturated carbocycles. The highest BCUT2D eigenvalue weighted by Gasteiger charge is 2.53. The molecular weight excluding hydrogens is 830 g/mol. The van der Waals surface area contributed by atoms with Crippen molar-refractivity contribution in [1.29, 1.82) is 0 Å². The third kappa shape index (κ3) is 7.63. The molecule has 0 bridgehead atoms. The minimum absolute atomic E-state index is 0.420. The van der Waals surface area contributed by atoms with Gasteiger partial charge in [0.15, 0.2) is 0 Å². The Morgan fingerprint density at radius 2 is 0.677 bits per heavy atom. The van der Waals surface area contributed by atoms with Crippen LogP contribution in [0.2, 0.25) is 33.2 Å². The second-order valence-corrected chi connectivity index (χ2v) is 35.8. The number of fused-ring (bicyclic) bond motifs is 4. The van der Waals surface area contributed by atoms with Crippen LogP contribution in [0, 0.1) is 22.9 Å². The van der Waals surface area contributed by atoms with Crippen molar-refractivity contribution in [2.45, 2.75) is 194 Å². The Hall–Kier alpha value is -2.38. The van der Waals surface area contributed by atoms with Crippen molar-refractivity contribution in [2.75, 3.05) is 0 Å². The molecule has 2 aromatic heterocycles. The first-order valence-corrected chi connectivity index (χ1v) is 29.4. The Kier molecular flexibility index (Phi) is 12.4. The smallest absolute Gasteiger partial charge is 0.399 e. The van der Waals surface area contributed by atoms with Crippen LogP contribution in [0.4, 0.5) is 0 Å². The molecule has 3 aromatic carbocycles. The van der Waals surface area contributed by atoms with Crippen LogP contribution in [0.25, 0.3) is 41.7 Å². The average molecular weight is 903 g/mol. The first-order chi connectivity index (χ1) is 28.6. The molecule has 2 aliphatic heterocycles. The van der Waals surface area contributed by atoms with Gasteiger partial charge in [-0.05, 0) is 147 Å². The van der Waals surface area contributed by atoms with E-state index in [-0.39, 0.29) is 0 Å². The maximum atomic E-state index is 6.61. The number of benzene rings is 3. The molecular formula is C52H72B2O4S2Si2. The summed E-state index contributed by atoms with van der Waals surface area (Å²) in [5.41, 5.74) is 11.9. The van der Waals surface area contributed by atoms with Gasteiger partial charge in [-0.15, -0.1) is 33.8 Å². The molecule has 0 radical (unpaired) electrons. The lowest BCUT2D eigenvalue weighted by Gasteiger charge is -2.38. The summed E-state index contributed by atoms with van der Waals surface area (Å²) in [6.45, 7) is 45.9. The summed E-state index contributed by atoms with van der Waals surface area (Å²) in [5, 5.41) is 7.07. The van der Waals surface area contributed by atoms with Gasteiger partial charge >= 0.3 is 14.2 Å². The quantitative estimate of drug-likeness (QED) is 0.0883. The second-order valence-electron chi connectivity index (χ2n) is 22.4. The fourth-order valence-electron chi connectivity index (χ4n) is 11.0. The molecule has 0 amide bonds. The van der Waals surface area contributed by atoms with Crippen LogP contribution in [0.1, 0.15) is 150 Å². The third-order valence-electron chi connectivity index (χ3n) is 15.9.